The molecule has 58 heavy (non-hydrogen) atoms. The van der Waals surface area contributed by atoms with E-state index < -0.39 is 0 Å². The van der Waals surface area contributed by atoms with Gasteiger partial charge in [-0.2, -0.15) is 0 Å². The highest BCUT2D eigenvalue weighted by Crippen LogP contribution is 2.52. The smallest absolute Gasteiger partial charge is 0.159 e. The van der Waals surface area contributed by atoms with E-state index in [0.29, 0.717) is 0 Å². The molecule has 0 unspecified atom stereocenters. The maximum absolute atomic E-state index is 6.88. The molecule has 9 aromatic carbocycles. The SMILES string of the molecule is c1ccc(-c2ccc3c(c2)sc2c(-c4ccccc4)ccc(N(c4cccc5c4oc4ccccc45)c4cccc5c4c4ccccc4n5-c4ccccc4)c23)cc1. The number of para-hydroxylation sites is 4. The molecule has 0 bridgehead atoms. The minimum Gasteiger partial charge on any atom is -0.454 e. The lowest BCUT2D eigenvalue weighted by Gasteiger charge is -2.28. The summed E-state index contributed by atoms with van der Waals surface area (Å²) in [6.07, 6.45) is 0. The maximum Gasteiger partial charge on any atom is 0.159 e. The lowest BCUT2D eigenvalue weighted by atomic mass is 9.98. The van der Waals surface area contributed by atoms with Crippen molar-refractivity contribution in [1.82, 2.24) is 4.57 Å². The molecule has 12 aromatic rings. The van der Waals surface area contributed by atoms with Crippen molar-refractivity contribution < 1.29 is 4.42 Å². The van der Waals surface area contributed by atoms with Crippen LogP contribution in [0.15, 0.2) is 211 Å². The molecule has 272 valence electrons. The number of aromatic nitrogens is 1. The maximum atomic E-state index is 6.88. The molecule has 0 aliphatic heterocycles. The second kappa shape index (κ2) is 13.1. The highest BCUT2D eigenvalue weighted by Gasteiger charge is 2.27. The lowest BCUT2D eigenvalue weighted by molar-refractivity contribution is 0.669. The normalized spacial score (nSPS) is 11.8. The first-order valence-electron chi connectivity index (χ1n) is 19.7. The minimum absolute atomic E-state index is 0.860. The monoisotopic (exact) mass is 758 g/mol. The molecule has 0 aliphatic rings. The molecular formula is C54H34N2OS. The Balaban J connectivity index is 1.23. The van der Waals surface area contributed by atoms with Gasteiger partial charge in [0.05, 0.1) is 28.1 Å². The Morgan fingerprint density at radius 3 is 1.88 bits per heavy atom. The van der Waals surface area contributed by atoms with Crippen molar-refractivity contribution in [1.29, 1.82) is 0 Å². The number of hydrogen-bond donors (Lipinski definition) is 0. The third-order valence-electron chi connectivity index (χ3n) is 11.6. The van der Waals surface area contributed by atoms with E-state index in [1.807, 2.05) is 17.4 Å². The molecule has 0 fully saturated rings. The zero-order chi connectivity index (χ0) is 38.2. The molecule has 0 N–H and O–H groups in total. The van der Waals surface area contributed by atoms with Crippen molar-refractivity contribution in [3.05, 3.63) is 206 Å². The predicted octanol–water partition coefficient (Wildman–Crippen LogP) is 15.9. The fourth-order valence-electron chi connectivity index (χ4n) is 9.04. The lowest BCUT2D eigenvalue weighted by Crippen LogP contribution is -2.11. The van der Waals surface area contributed by atoms with Gasteiger partial charge in [-0.3, -0.25) is 0 Å². The highest BCUT2D eigenvalue weighted by atomic mass is 32.1. The van der Waals surface area contributed by atoms with E-state index in [1.54, 1.807) is 0 Å². The predicted molar refractivity (Wildman–Crippen MR) is 247 cm³/mol. The van der Waals surface area contributed by atoms with Gasteiger partial charge < -0.3 is 13.9 Å². The Kier molecular flexibility index (Phi) is 7.40. The number of rotatable bonds is 6. The Labute approximate surface area is 338 Å². The Bertz CT molecular complexity index is 3510. The summed E-state index contributed by atoms with van der Waals surface area (Å²) in [6.45, 7) is 0. The zero-order valence-electron chi connectivity index (χ0n) is 31.3. The van der Waals surface area contributed by atoms with Gasteiger partial charge in [0.1, 0.15) is 5.58 Å². The molecule has 12 rings (SSSR count). The molecule has 0 aliphatic carbocycles. The van der Waals surface area contributed by atoms with Gasteiger partial charge in [-0.25, -0.2) is 0 Å². The Morgan fingerprint density at radius 1 is 0.414 bits per heavy atom. The van der Waals surface area contributed by atoms with Gasteiger partial charge in [0.2, 0.25) is 0 Å². The van der Waals surface area contributed by atoms with E-state index >= 15 is 0 Å². The van der Waals surface area contributed by atoms with Crippen molar-refractivity contribution in [2.24, 2.45) is 0 Å². The summed E-state index contributed by atoms with van der Waals surface area (Å²) in [5, 5.41) is 7.03. The summed E-state index contributed by atoms with van der Waals surface area (Å²) in [7, 11) is 0. The summed E-state index contributed by atoms with van der Waals surface area (Å²) >= 11 is 1.87. The van der Waals surface area contributed by atoms with Crippen LogP contribution in [0.25, 0.3) is 91.9 Å². The largest absolute Gasteiger partial charge is 0.454 e. The average molecular weight is 759 g/mol. The number of fused-ring (bicyclic) bond motifs is 9. The fourth-order valence-corrected chi connectivity index (χ4v) is 10.3. The number of nitrogens with zero attached hydrogens (tertiary/aromatic N) is 2. The van der Waals surface area contributed by atoms with Crippen molar-refractivity contribution in [3.63, 3.8) is 0 Å². The third-order valence-corrected chi connectivity index (χ3v) is 12.8. The first kappa shape index (κ1) is 32.8. The molecule has 0 saturated heterocycles. The van der Waals surface area contributed by atoms with Crippen molar-refractivity contribution in [3.8, 4) is 27.9 Å². The van der Waals surface area contributed by atoms with Gasteiger partial charge in [0.15, 0.2) is 5.58 Å². The number of benzene rings is 9. The Morgan fingerprint density at radius 2 is 1.05 bits per heavy atom. The van der Waals surface area contributed by atoms with E-state index in [4.69, 9.17) is 4.42 Å². The van der Waals surface area contributed by atoms with Gasteiger partial charge >= 0.3 is 0 Å². The number of thiophene rings is 1. The van der Waals surface area contributed by atoms with E-state index in [9.17, 15) is 0 Å². The first-order chi connectivity index (χ1) is 28.8. The number of hydrogen-bond acceptors (Lipinski definition) is 3. The van der Waals surface area contributed by atoms with Crippen LogP contribution in [0.3, 0.4) is 0 Å². The van der Waals surface area contributed by atoms with Crippen LogP contribution in [0.2, 0.25) is 0 Å². The van der Waals surface area contributed by atoms with Gasteiger partial charge in [-0.05, 0) is 76.9 Å². The molecule has 4 heteroatoms. The minimum atomic E-state index is 0.860. The van der Waals surface area contributed by atoms with Gasteiger partial charge in [-0.1, -0.05) is 152 Å². The van der Waals surface area contributed by atoms with Crippen LogP contribution in [-0.4, -0.2) is 4.57 Å². The van der Waals surface area contributed by atoms with Gasteiger partial charge in [-0.15, -0.1) is 11.3 Å². The average Bonchev–Trinajstić information content (AvgIpc) is 3.98. The van der Waals surface area contributed by atoms with Gasteiger partial charge in [0, 0.05) is 47.4 Å². The molecule has 3 aromatic heterocycles. The van der Waals surface area contributed by atoms with E-state index in [-0.39, 0.29) is 0 Å². The number of anilines is 3. The van der Waals surface area contributed by atoms with Crippen LogP contribution in [0, 0.1) is 0 Å². The quantitative estimate of drug-likeness (QED) is 0.168. The summed E-state index contributed by atoms with van der Waals surface area (Å²) < 4.78 is 11.8. The fraction of sp³-hybridized carbons (Fsp3) is 0. The van der Waals surface area contributed by atoms with Crippen molar-refractivity contribution in [2.75, 3.05) is 4.90 Å². The molecule has 3 nitrogen and oxygen atoms in total. The molecule has 3 heterocycles. The van der Waals surface area contributed by atoms with Crippen LogP contribution in [-0.2, 0) is 0 Å². The summed E-state index contributed by atoms with van der Waals surface area (Å²) in [5.41, 5.74) is 13.2. The van der Waals surface area contributed by atoms with Crippen LogP contribution in [0.1, 0.15) is 0 Å². The third kappa shape index (κ3) is 4.99. The van der Waals surface area contributed by atoms with Crippen LogP contribution >= 0.6 is 11.3 Å². The summed E-state index contributed by atoms with van der Waals surface area (Å²) in [5.74, 6) is 0. The molecule has 0 spiro atoms. The zero-order valence-corrected chi connectivity index (χ0v) is 32.2. The number of furan rings is 1. The first-order valence-corrected chi connectivity index (χ1v) is 20.5. The molecular weight excluding hydrogens is 725 g/mol. The second-order valence-corrected chi connectivity index (χ2v) is 15.9. The summed E-state index contributed by atoms with van der Waals surface area (Å²) in [4.78, 5) is 2.48. The van der Waals surface area contributed by atoms with Crippen LogP contribution in [0.4, 0.5) is 17.1 Å². The second-order valence-electron chi connectivity index (χ2n) is 14.8. The van der Waals surface area contributed by atoms with E-state index in [2.05, 4.69) is 210 Å². The molecule has 0 atom stereocenters. The van der Waals surface area contributed by atoms with Crippen molar-refractivity contribution in [2.45, 2.75) is 0 Å². The molecule has 0 radical (unpaired) electrons. The Hall–Kier alpha value is -7.40. The standard InChI is InChI=1S/C54H34N2OS/c1-4-16-35(17-5-1)37-30-31-43-50(34-37)58-54-39(36-18-6-2-7-19-36)32-33-47(52(43)54)56(48-28-14-24-41-40-22-11-13-29-49(40)57-53(41)48)46-27-15-26-45-51(46)42-23-10-12-25-44(42)55(45)38-20-8-3-9-21-38/h1-34H. The van der Waals surface area contributed by atoms with Gasteiger partial charge in [0.25, 0.3) is 0 Å². The van der Waals surface area contributed by atoms with Crippen LogP contribution < -0.4 is 4.90 Å². The van der Waals surface area contributed by atoms with Crippen LogP contribution in [0.5, 0.6) is 0 Å². The van der Waals surface area contributed by atoms with Crippen molar-refractivity contribution >= 4 is 92.3 Å². The highest BCUT2D eigenvalue weighted by molar-refractivity contribution is 7.26. The van der Waals surface area contributed by atoms with E-state index in [0.717, 1.165) is 55.7 Å². The summed E-state index contributed by atoms with van der Waals surface area (Å²) in [6, 6.07) is 74.3. The molecule has 0 amide bonds. The molecule has 0 saturated carbocycles. The topological polar surface area (TPSA) is 21.3 Å². The van der Waals surface area contributed by atoms with E-state index in [1.165, 1.54) is 53.2 Å².